The van der Waals surface area contributed by atoms with Gasteiger partial charge in [-0.05, 0) is 26.0 Å². The molecule has 1 atom stereocenters. The van der Waals surface area contributed by atoms with E-state index < -0.39 is 17.5 Å². The zero-order chi connectivity index (χ0) is 18.6. The maximum absolute atomic E-state index is 13.1. The SMILES string of the molecule is CO/N=C(\C)C1(ONC(=O)N(C)C)C(=O)N(c2ccccc2)N=C1C. The Morgan fingerprint density at radius 3 is 2.52 bits per heavy atom. The van der Waals surface area contributed by atoms with Gasteiger partial charge in [-0.1, -0.05) is 23.4 Å². The Morgan fingerprint density at radius 1 is 1.32 bits per heavy atom. The first-order valence-corrected chi connectivity index (χ1v) is 7.53. The Balaban J connectivity index is 2.42. The fraction of sp³-hybridized carbons (Fsp3) is 0.375. The van der Waals surface area contributed by atoms with Crippen molar-refractivity contribution in [3.8, 4) is 0 Å². The van der Waals surface area contributed by atoms with Crippen LogP contribution in [0.15, 0.2) is 40.6 Å². The highest BCUT2D eigenvalue weighted by Crippen LogP contribution is 2.30. The zero-order valence-electron chi connectivity index (χ0n) is 14.8. The molecule has 1 aromatic rings. The van der Waals surface area contributed by atoms with Gasteiger partial charge in [0.1, 0.15) is 12.8 Å². The predicted octanol–water partition coefficient (Wildman–Crippen LogP) is 1.37. The molecule has 1 aliphatic heterocycles. The second kappa shape index (κ2) is 7.31. The number of urea groups is 1. The zero-order valence-corrected chi connectivity index (χ0v) is 14.8. The quantitative estimate of drug-likeness (QED) is 0.643. The first-order valence-electron chi connectivity index (χ1n) is 7.53. The summed E-state index contributed by atoms with van der Waals surface area (Å²) in [6, 6.07) is 8.37. The molecule has 1 heterocycles. The summed E-state index contributed by atoms with van der Waals surface area (Å²) in [5, 5.41) is 9.34. The van der Waals surface area contributed by atoms with Gasteiger partial charge in [-0.2, -0.15) is 10.1 Å². The van der Waals surface area contributed by atoms with Crippen LogP contribution < -0.4 is 10.5 Å². The monoisotopic (exact) mass is 347 g/mol. The van der Waals surface area contributed by atoms with E-state index in [0.29, 0.717) is 11.4 Å². The van der Waals surface area contributed by atoms with Crippen LogP contribution in [0.2, 0.25) is 0 Å². The van der Waals surface area contributed by atoms with Gasteiger partial charge in [-0.25, -0.2) is 15.1 Å². The number of nitrogens with zero attached hydrogens (tertiary/aromatic N) is 4. The molecule has 0 saturated heterocycles. The molecular formula is C16H21N5O4. The van der Waals surface area contributed by atoms with Crippen molar-refractivity contribution in [3.63, 3.8) is 0 Å². The molecule has 0 radical (unpaired) electrons. The highest BCUT2D eigenvalue weighted by atomic mass is 16.7. The fourth-order valence-electron chi connectivity index (χ4n) is 2.33. The molecular weight excluding hydrogens is 326 g/mol. The van der Waals surface area contributed by atoms with Crippen molar-refractivity contribution in [2.45, 2.75) is 19.4 Å². The molecule has 25 heavy (non-hydrogen) atoms. The van der Waals surface area contributed by atoms with Crippen LogP contribution in [0, 0.1) is 0 Å². The van der Waals surface area contributed by atoms with Crippen molar-refractivity contribution < 1.29 is 19.3 Å². The van der Waals surface area contributed by atoms with Crippen molar-refractivity contribution in [3.05, 3.63) is 30.3 Å². The predicted molar refractivity (Wildman–Crippen MR) is 93.2 cm³/mol. The Kier molecular flexibility index (Phi) is 5.38. The van der Waals surface area contributed by atoms with E-state index in [4.69, 9.17) is 9.68 Å². The standard InChI is InChI=1S/C16H21N5O4/c1-11-16(12(2)18-24-5,25-19-15(23)20(3)4)14(22)21(17-11)13-9-7-6-8-10-13/h6-10H,1-5H3,(H,19,23)/b18-12+. The maximum Gasteiger partial charge on any atom is 0.340 e. The van der Waals surface area contributed by atoms with Gasteiger partial charge in [0.2, 0.25) is 0 Å². The van der Waals surface area contributed by atoms with Crippen LogP contribution in [0.3, 0.4) is 0 Å². The second-order valence-electron chi connectivity index (χ2n) is 5.58. The molecule has 0 bridgehead atoms. The average molecular weight is 347 g/mol. The smallest absolute Gasteiger partial charge is 0.340 e. The number of hydrogen-bond donors (Lipinski definition) is 1. The molecule has 9 nitrogen and oxygen atoms in total. The third kappa shape index (κ3) is 3.31. The molecule has 0 spiro atoms. The van der Waals surface area contributed by atoms with Crippen LogP contribution in [-0.4, -0.2) is 55.1 Å². The molecule has 1 N–H and O–H groups in total. The van der Waals surface area contributed by atoms with Gasteiger partial charge in [-0.15, -0.1) is 0 Å². The van der Waals surface area contributed by atoms with Crippen molar-refractivity contribution in [2.75, 3.05) is 26.2 Å². The summed E-state index contributed by atoms with van der Waals surface area (Å²) in [5.74, 6) is -0.506. The van der Waals surface area contributed by atoms with E-state index in [9.17, 15) is 9.59 Å². The van der Waals surface area contributed by atoms with Crippen LogP contribution >= 0.6 is 0 Å². The second-order valence-corrected chi connectivity index (χ2v) is 5.58. The van der Waals surface area contributed by atoms with E-state index in [1.807, 2.05) is 6.07 Å². The molecule has 1 unspecified atom stereocenters. The van der Waals surface area contributed by atoms with E-state index in [1.165, 1.54) is 17.0 Å². The molecule has 9 heteroatoms. The molecule has 1 aliphatic rings. The lowest BCUT2D eigenvalue weighted by Crippen LogP contribution is -2.57. The summed E-state index contributed by atoms with van der Waals surface area (Å²) in [5.41, 5.74) is 1.67. The number of oxime groups is 1. The van der Waals surface area contributed by atoms with Crippen LogP contribution in [0.25, 0.3) is 0 Å². The van der Waals surface area contributed by atoms with Crippen molar-refractivity contribution >= 4 is 29.0 Å². The number of benzene rings is 1. The van der Waals surface area contributed by atoms with Crippen molar-refractivity contribution in [2.24, 2.45) is 10.3 Å². The van der Waals surface area contributed by atoms with E-state index in [1.54, 1.807) is 52.2 Å². The summed E-state index contributed by atoms with van der Waals surface area (Å²) in [6.45, 7) is 3.19. The number of hydrogen-bond acceptors (Lipinski definition) is 6. The first kappa shape index (κ1) is 18.4. The summed E-state index contributed by atoms with van der Waals surface area (Å²) in [6.07, 6.45) is 0. The van der Waals surface area contributed by atoms with E-state index in [2.05, 4.69) is 15.7 Å². The third-order valence-corrected chi connectivity index (χ3v) is 3.69. The summed E-state index contributed by atoms with van der Waals surface area (Å²) >= 11 is 0. The topological polar surface area (TPSA) is 95.8 Å². The van der Waals surface area contributed by atoms with Gasteiger partial charge in [0.25, 0.3) is 11.5 Å². The number of anilines is 1. The van der Waals surface area contributed by atoms with Crippen LogP contribution in [-0.2, 0) is 14.5 Å². The number of hydrazone groups is 1. The Labute approximate surface area is 145 Å². The van der Waals surface area contributed by atoms with Crippen LogP contribution in [0.4, 0.5) is 10.5 Å². The van der Waals surface area contributed by atoms with Crippen molar-refractivity contribution in [1.82, 2.24) is 10.4 Å². The molecule has 1 aromatic carbocycles. The lowest BCUT2D eigenvalue weighted by atomic mass is 9.93. The number of rotatable bonds is 5. The Hall–Kier alpha value is -2.94. The minimum atomic E-state index is -1.68. The number of hydroxylamine groups is 1. The fourth-order valence-corrected chi connectivity index (χ4v) is 2.33. The van der Waals surface area contributed by atoms with Crippen LogP contribution in [0.5, 0.6) is 0 Å². The lowest BCUT2D eigenvalue weighted by Gasteiger charge is -2.27. The molecule has 134 valence electrons. The number of carbonyl (C=O) groups excluding carboxylic acids is 2. The molecule has 0 fully saturated rings. The molecule has 0 aliphatic carbocycles. The van der Waals surface area contributed by atoms with E-state index in [-0.39, 0.29) is 5.71 Å². The highest BCUT2D eigenvalue weighted by Gasteiger charge is 2.55. The van der Waals surface area contributed by atoms with E-state index >= 15 is 0 Å². The van der Waals surface area contributed by atoms with Crippen LogP contribution in [0.1, 0.15) is 13.8 Å². The van der Waals surface area contributed by atoms with Gasteiger partial charge >= 0.3 is 6.03 Å². The van der Waals surface area contributed by atoms with Gasteiger partial charge in [0.05, 0.1) is 11.4 Å². The summed E-state index contributed by atoms with van der Waals surface area (Å²) < 4.78 is 0. The van der Waals surface area contributed by atoms with Crippen molar-refractivity contribution in [1.29, 1.82) is 0 Å². The first-order chi connectivity index (χ1) is 11.8. The Bertz CT molecular complexity index is 716. The lowest BCUT2D eigenvalue weighted by molar-refractivity contribution is -0.132. The highest BCUT2D eigenvalue weighted by molar-refractivity contribution is 6.35. The van der Waals surface area contributed by atoms with Gasteiger partial charge < -0.3 is 9.74 Å². The number of nitrogens with one attached hydrogen (secondary N) is 1. The average Bonchev–Trinajstić information content (AvgIpc) is 2.85. The minimum absolute atomic E-state index is 0.207. The summed E-state index contributed by atoms with van der Waals surface area (Å²) in [7, 11) is 4.46. The van der Waals surface area contributed by atoms with Gasteiger partial charge in [0.15, 0.2) is 0 Å². The molecule has 2 rings (SSSR count). The molecule has 0 saturated carbocycles. The maximum atomic E-state index is 13.1. The number of para-hydroxylation sites is 1. The van der Waals surface area contributed by atoms with Gasteiger partial charge in [0, 0.05) is 14.1 Å². The normalized spacial score (nSPS) is 20.4. The number of amides is 3. The molecule has 3 amide bonds. The largest absolute Gasteiger partial charge is 0.399 e. The third-order valence-electron chi connectivity index (χ3n) is 3.69. The van der Waals surface area contributed by atoms with Gasteiger partial charge in [-0.3, -0.25) is 4.79 Å². The number of carbonyl (C=O) groups is 2. The minimum Gasteiger partial charge on any atom is -0.399 e. The Morgan fingerprint density at radius 2 is 1.96 bits per heavy atom. The summed E-state index contributed by atoms with van der Waals surface area (Å²) in [4.78, 5) is 36.6. The van der Waals surface area contributed by atoms with E-state index in [0.717, 1.165) is 0 Å². The molecule has 0 aromatic heterocycles.